The predicted octanol–water partition coefficient (Wildman–Crippen LogP) is 2.88. The fourth-order valence-corrected chi connectivity index (χ4v) is 2.69. The quantitative estimate of drug-likeness (QED) is 0.941. The third kappa shape index (κ3) is 2.57. The molecule has 2 aromatic carbocycles. The monoisotopic (exact) mass is 281 g/mol. The van der Waals surface area contributed by atoms with Crippen molar-refractivity contribution in [3.8, 4) is 5.75 Å². The van der Waals surface area contributed by atoms with Crippen LogP contribution in [0.25, 0.3) is 0 Å². The second kappa shape index (κ2) is 5.48. The summed E-state index contributed by atoms with van der Waals surface area (Å²) in [4.78, 5) is 6.50. The van der Waals surface area contributed by atoms with Gasteiger partial charge in [-0.05, 0) is 42.3 Å². The van der Waals surface area contributed by atoms with Crippen molar-refractivity contribution >= 4 is 11.6 Å². The van der Waals surface area contributed by atoms with Crippen LogP contribution < -0.4 is 15.4 Å². The highest BCUT2D eigenvalue weighted by Gasteiger charge is 2.29. The average Bonchev–Trinajstić information content (AvgIpc) is 2.89. The number of rotatable bonds is 3. The summed E-state index contributed by atoms with van der Waals surface area (Å²) in [7, 11) is 1.68. The van der Waals surface area contributed by atoms with Crippen molar-refractivity contribution in [2.24, 2.45) is 10.7 Å². The lowest BCUT2D eigenvalue weighted by Crippen LogP contribution is -2.36. The molecule has 0 saturated carbocycles. The second-order valence-electron chi connectivity index (χ2n) is 5.20. The minimum Gasteiger partial charge on any atom is -0.497 e. The van der Waals surface area contributed by atoms with Crippen LogP contribution in [0.1, 0.15) is 17.2 Å². The lowest BCUT2D eigenvalue weighted by atomic mass is 10.0. The first-order valence-electron chi connectivity index (χ1n) is 6.99. The Labute approximate surface area is 124 Å². The molecule has 1 heterocycles. The van der Waals surface area contributed by atoms with E-state index in [0.29, 0.717) is 12.5 Å². The number of guanidine groups is 1. The average molecular weight is 281 g/mol. The minimum atomic E-state index is 0.113. The number of nitrogens with two attached hydrogens (primary N) is 1. The van der Waals surface area contributed by atoms with Crippen LogP contribution in [-0.4, -0.2) is 19.6 Å². The molecule has 2 aromatic rings. The van der Waals surface area contributed by atoms with Gasteiger partial charge in [0.2, 0.25) is 0 Å². The first-order valence-corrected chi connectivity index (χ1v) is 6.99. The molecule has 108 valence electrons. The molecule has 1 atom stereocenters. The standard InChI is InChI=1S/C17H19N3O/c1-12-5-3-7-14(9-12)20-16(11-19-17(20)18)13-6-4-8-15(10-13)21-2/h3-10,16H,11H2,1-2H3,(H2,18,19). The smallest absolute Gasteiger partial charge is 0.196 e. The Morgan fingerprint density at radius 2 is 2.00 bits per heavy atom. The van der Waals surface area contributed by atoms with Gasteiger partial charge in [-0.1, -0.05) is 24.3 Å². The van der Waals surface area contributed by atoms with Crippen LogP contribution in [0, 0.1) is 6.92 Å². The lowest BCUT2D eigenvalue weighted by molar-refractivity contribution is 0.414. The number of nitrogens with zero attached hydrogens (tertiary/aromatic N) is 2. The number of methoxy groups -OCH3 is 1. The zero-order valence-electron chi connectivity index (χ0n) is 12.3. The van der Waals surface area contributed by atoms with Crippen LogP contribution >= 0.6 is 0 Å². The fourth-order valence-electron chi connectivity index (χ4n) is 2.69. The first kappa shape index (κ1) is 13.5. The lowest BCUT2D eigenvalue weighted by Gasteiger charge is -2.27. The van der Waals surface area contributed by atoms with Gasteiger partial charge in [0.1, 0.15) is 5.75 Å². The van der Waals surface area contributed by atoms with Crippen LogP contribution in [0.5, 0.6) is 5.75 Å². The molecule has 0 aromatic heterocycles. The predicted molar refractivity (Wildman–Crippen MR) is 85.9 cm³/mol. The summed E-state index contributed by atoms with van der Waals surface area (Å²) in [6.45, 7) is 2.74. The molecule has 1 aliphatic rings. The van der Waals surface area contributed by atoms with Crippen LogP contribution in [0.15, 0.2) is 53.5 Å². The van der Waals surface area contributed by atoms with Crippen molar-refractivity contribution < 1.29 is 4.74 Å². The highest BCUT2D eigenvalue weighted by atomic mass is 16.5. The molecule has 1 aliphatic heterocycles. The Morgan fingerprint density at radius 1 is 1.19 bits per heavy atom. The zero-order chi connectivity index (χ0) is 14.8. The molecular weight excluding hydrogens is 262 g/mol. The summed E-state index contributed by atoms with van der Waals surface area (Å²) in [5, 5.41) is 0. The molecule has 0 fully saturated rings. The van der Waals surface area contributed by atoms with Gasteiger partial charge in [0, 0.05) is 5.69 Å². The van der Waals surface area contributed by atoms with Crippen LogP contribution in [0.4, 0.5) is 5.69 Å². The largest absolute Gasteiger partial charge is 0.497 e. The number of ether oxygens (including phenoxy) is 1. The van der Waals surface area contributed by atoms with E-state index < -0.39 is 0 Å². The van der Waals surface area contributed by atoms with Gasteiger partial charge in [-0.15, -0.1) is 0 Å². The molecule has 3 rings (SSSR count). The van der Waals surface area contributed by atoms with Gasteiger partial charge >= 0.3 is 0 Å². The zero-order valence-corrected chi connectivity index (χ0v) is 12.3. The maximum absolute atomic E-state index is 6.10. The highest BCUT2D eigenvalue weighted by molar-refractivity contribution is 5.97. The van der Waals surface area contributed by atoms with Gasteiger partial charge in [0.25, 0.3) is 0 Å². The van der Waals surface area contributed by atoms with Gasteiger partial charge < -0.3 is 15.4 Å². The number of hydrogen-bond acceptors (Lipinski definition) is 4. The van der Waals surface area contributed by atoms with Crippen molar-refractivity contribution in [2.45, 2.75) is 13.0 Å². The molecule has 21 heavy (non-hydrogen) atoms. The molecule has 0 bridgehead atoms. The molecule has 0 saturated heterocycles. The van der Waals surface area contributed by atoms with E-state index in [0.717, 1.165) is 17.0 Å². The highest BCUT2D eigenvalue weighted by Crippen LogP contribution is 2.32. The molecule has 0 amide bonds. The van der Waals surface area contributed by atoms with Crippen LogP contribution in [0.3, 0.4) is 0 Å². The fraction of sp³-hybridized carbons (Fsp3) is 0.235. The summed E-state index contributed by atoms with van der Waals surface area (Å²) in [5.41, 5.74) is 9.53. The maximum Gasteiger partial charge on any atom is 0.196 e. The normalized spacial score (nSPS) is 17.7. The third-order valence-electron chi connectivity index (χ3n) is 3.74. The van der Waals surface area contributed by atoms with E-state index in [1.54, 1.807) is 7.11 Å². The Kier molecular flexibility index (Phi) is 3.52. The van der Waals surface area contributed by atoms with Crippen molar-refractivity contribution in [2.75, 3.05) is 18.6 Å². The van der Waals surface area contributed by atoms with Gasteiger partial charge in [-0.2, -0.15) is 0 Å². The van der Waals surface area contributed by atoms with E-state index in [4.69, 9.17) is 10.5 Å². The summed E-state index contributed by atoms with van der Waals surface area (Å²) in [6, 6.07) is 16.5. The number of benzene rings is 2. The molecular formula is C17H19N3O. The number of anilines is 1. The first-order chi connectivity index (χ1) is 10.2. The van der Waals surface area contributed by atoms with Gasteiger partial charge in [0.05, 0.1) is 19.7 Å². The van der Waals surface area contributed by atoms with Crippen LogP contribution in [-0.2, 0) is 0 Å². The van der Waals surface area contributed by atoms with E-state index in [1.807, 2.05) is 24.3 Å². The van der Waals surface area contributed by atoms with Crippen molar-refractivity contribution in [1.29, 1.82) is 0 Å². The number of aryl methyl sites for hydroxylation is 1. The topological polar surface area (TPSA) is 50.9 Å². The second-order valence-corrected chi connectivity index (χ2v) is 5.20. The van der Waals surface area contributed by atoms with Gasteiger partial charge in [0.15, 0.2) is 5.96 Å². The molecule has 1 unspecified atom stereocenters. The summed E-state index contributed by atoms with van der Waals surface area (Å²) in [5.74, 6) is 1.41. The van der Waals surface area contributed by atoms with E-state index in [9.17, 15) is 0 Å². The van der Waals surface area contributed by atoms with E-state index in [1.165, 1.54) is 5.56 Å². The van der Waals surface area contributed by atoms with Crippen molar-refractivity contribution in [1.82, 2.24) is 0 Å². The molecule has 4 heteroatoms. The molecule has 4 nitrogen and oxygen atoms in total. The van der Waals surface area contributed by atoms with Crippen molar-refractivity contribution in [3.05, 3.63) is 59.7 Å². The molecule has 0 radical (unpaired) electrons. The summed E-state index contributed by atoms with van der Waals surface area (Å²) in [6.07, 6.45) is 0. The van der Waals surface area contributed by atoms with Gasteiger partial charge in [-0.3, -0.25) is 4.99 Å². The Bertz CT molecular complexity index is 681. The third-order valence-corrected chi connectivity index (χ3v) is 3.74. The number of aliphatic imine (C=N–C) groups is 1. The van der Waals surface area contributed by atoms with Crippen LogP contribution in [0.2, 0.25) is 0 Å². The number of hydrogen-bond donors (Lipinski definition) is 1. The Morgan fingerprint density at radius 3 is 2.76 bits per heavy atom. The molecule has 2 N–H and O–H groups in total. The SMILES string of the molecule is COc1cccc(C2CN=C(N)N2c2cccc(C)c2)c1. The van der Waals surface area contributed by atoms with Crippen molar-refractivity contribution in [3.63, 3.8) is 0 Å². The summed E-state index contributed by atoms with van der Waals surface area (Å²) >= 11 is 0. The molecule has 0 aliphatic carbocycles. The van der Waals surface area contributed by atoms with Gasteiger partial charge in [-0.25, -0.2) is 0 Å². The maximum atomic E-state index is 6.10. The van der Waals surface area contributed by atoms with E-state index in [-0.39, 0.29) is 6.04 Å². The Balaban J connectivity index is 1.98. The van der Waals surface area contributed by atoms with E-state index in [2.05, 4.69) is 41.1 Å². The Hall–Kier alpha value is -2.49. The summed E-state index contributed by atoms with van der Waals surface area (Å²) < 4.78 is 5.31. The van der Waals surface area contributed by atoms with E-state index >= 15 is 0 Å². The minimum absolute atomic E-state index is 0.113. The molecule has 0 spiro atoms.